The molecular formula is C14H11ClO3S. The first-order valence-electron chi connectivity index (χ1n) is 5.45. The molecule has 98 valence electrons. The molecule has 1 N–H and O–H groups in total. The summed E-state index contributed by atoms with van der Waals surface area (Å²) in [6, 6.07) is 12.2. The summed E-state index contributed by atoms with van der Waals surface area (Å²) in [6.07, 6.45) is 0. The van der Waals surface area contributed by atoms with Crippen molar-refractivity contribution in [2.24, 2.45) is 0 Å². The molecule has 0 atom stereocenters. The first-order chi connectivity index (χ1) is 9.10. The Morgan fingerprint density at radius 2 is 1.89 bits per heavy atom. The molecular weight excluding hydrogens is 284 g/mol. The summed E-state index contributed by atoms with van der Waals surface area (Å²) in [5, 5.41) is 9.62. The van der Waals surface area contributed by atoms with Crippen LogP contribution in [0.1, 0.15) is 10.4 Å². The zero-order valence-corrected chi connectivity index (χ0v) is 11.7. The molecule has 0 aliphatic heterocycles. The number of benzene rings is 2. The van der Waals surface area contributed by atoms with Gasteiger partial charge in [-0.05, 0) is 42.5 Å². The Morgan fingerprint density at radius 3 is 2.47 bits per heavy atom. The molecule has 0 saturated carbocycles. The van der Waals surface area contributed by atoms with Crippen LogP contribution < -0.4 is 4.74 Å². The minimum atomic E-state index is -0.971. The van der Waals surface area contributed by atoms with Crippen molar-refractivity contribution in [2.45, 2.75) is 9.79 Å². The average molecular weight is 295 g/mol. The fourth-order valence-corrected chi connectivity index (χ4v) is 2.55. The molecule has 19 heavy (non-hydrogen) atoms. The van der Waals surface area contributed by atoms with Gasteiger partial charge in [0.15, 0.2) is 0 Å². The van der Waals surface area contributed by atoms with E-state index in [1.807, 2.05) is 24.3 Å². The Labute approximate surface area is 120 Å². The summed E-state index contributed by atoms with van der Waals surface area (Å²) in [6.45, 7) is 0. The van der Waals surface area contributed by atoms with Crippen molar-refractivity contribution in [1.29, 1.82) is 0 Å². The van der Waals surface area contributed by atoms with E-state index in [0.717, 1.165) is 9.79 Å². The van der Waals surface area contributed by atoms with Crippen LogP contribution in [0.2, 0.25) is 5.02 Å². The van der Waals surface area contributed by atoms with Gasteiger partial charge in [-0.25, -0.2) is 4.79 Å². The van der Waals surface area contributed by atoms with Crippen LogP contribution in [0.4, 0.5) is 0 Å². The van der Waals surface area contributed by atoms with E-state index in [1.165, 1.54) is 24.9 Å². The second kappa shape index (κ2) is 5.99. The Hall–Kier alpha value is -1.65. The van der Waals surface area contributed by atoms with Gasteiger partial charge in [0.2, 0.25) is 0 Å². The lowest BCUT2D eigenvalue weighted by molar-refractivity contribution is 0.0696. The summed E-state index contributed by atoms with van der Waals surface area (Å²) in [5.41, 5.74) is 0.206. The summed E-state index contributed by atoms with van der Waals surface area (Å²) in [5.74, 6) is -0.429. The summed E-state index contributed by atoms with van der Waals surface area (Å²) >= 11 is 7.32. The lowest BCUT2D eigenvalue weighted by Crippen LogP contribution is -1.97. The molecule has 5 heteroatoms. The lowest BCUT2D eigenvalue weighted by Gasteiger charge is -2.09. The van der Waals surface area contributed by atoms with Crippen LogP contribution in [0.5, 0.6) is 5.75 Å². The van der Waals surface area contributed by atoms with Crippen molar-refractivity contribution < 1.29 is 14.6 Å². The van der Waals surface area contributed by atoms with Crippen molar-refractivity contribution in [3.05, 3.63) is 53.1 Å². The number of carboxylic acid groups (broad SMARTS) is 1. The third-order valence-corrected chi connectivity index (χ3v) is 3.77. The van der Waals surface area contributed by atoms with Gasteiger partial charge in [-0.2, -0.15) is 0 Å². The number of carbonyl (C=O) groups is 1. The second-order valence-corrected chi connectivity index (χ2v) is 5.28. The van der Waals surface area contributed by atoms with Crippen LogP contribution in [0.15, 0.2) is 52.3 Å². The molecule has 0 unspecified atom stereocenters. The SMILES string of the molecule is COc1cc(C(=O)O)ccc1Sc1ccc(Cl)cc1. The van der Waals surface area contributed by atoms with E-state index in [9.17, 15) is 4.79 Å². The van der Waals surface area contributed by atoms with Crippen molar-refractivity contribution in [3.63, 3.8) is 0 Å². The molecule has 0 bridgehead atoms. The monoisotopic (exact) mass is 294 g/mol. The molecule has 0 fully saturated rings. The van der Waals surface area contributed by atoms with Gasteiger partial charge < -0.3 is 9.84 Å². The second-order valence-electron chi connectivity index (χ2n) is 3.73. The van der Waals surface area contributed by atoms with Gasteiger partial charge in [-0.1, -0.05) is 23.4 Å². The Kier molecular flexibility index (Phi) is 4.35. The van der Waals surface area contributed by atoms with Gasteiger partial charge in [-0.3, -0.25) is 0 Å². The Balaban J connectivity index is 2.29. The lowest BCUT2D eigenvalue weighted by atomic mass is 10.2. The van der Waals surface area contributed by atoms with E-state index in [-0.39, 0.29) is 5.56 Å². The predicted molar refractivity (Wildman–Crippen MR) is 75.5 cm³/mol. The van der Waals surface area contributed by atoms with E-state index in [4.69, 9.17) is 21.4 Å². The minimum Gasteiger partial charge on any atom is -0.496 e. The molecule has 0 aliphatic carbocycles. The van der Waals surface area contributed by atoms with Crippen LogP contribution in [0.3, 0.4) is 0 Å². The molecule has 0 radical (unpaired) electrons. The highest BCUT2D eigenvalue weighted by Crippen LogP contribution is 2.35. The number of hydrogen-bond acceptors (Lipinski definition) is 3. The molecule has 0 amide bonds. The van der Waals surface area contributed by atoms with Crippen LogP contribution in [0.25, 0.3) is 0 Å². The van der Waals surface area contributed by atoms with E-state index < -0.39 is 5.97 Å². The summed E-state index contributed by atoms with van der Waals surface area (Å²) < 4.78 is 5.22. The smallest absolute Gasteiger partial charge is 0.335 e. The fraction of sp³-hybridized carbons (Fsp3) is 0.0714. The first-order valence-corrected chi connectivity index (χ1v) is 6.64. The maximum Gasteiger partial charge on any atom is 0.335 e. The molecule has 0 aliphatic rings. The molecule has 0 aromatic heterocycles. The number of halogens is 1. The normalized spacial score (nSPS) is 10.2. The van der Waals surface area contributed by atoms with Crippen molar-refractivity contribution in [1.82, 2.24) is 0 Å². The van der Waals surface area contributed by atoms with Gasteiger partial charge in [0.25, 0.3) is 0 Å². The Bertz CT molecular complexity index is 596. The van der Waals surface area contributed by atoms with Gasteiger partial charge in [-0.15, -0.1) is 0 Å². The topological polar surface area (TPSA) is 46.5 Å². The predicted octanol–water partition coefficient (Wildman–Crippen LogP) is 4.20. The highest BCUT2D eigenvalue weighted by atomic mass is 35.5. The molecule has 0 heterocycles. The minimum absolute atomic E-state index is 0.206. The zero-order chi connectivity index (χ0) is 13.8. The third-order valence-electron chi connectivity index (χ3n) is 2.45. The van der Waals surface area contributed by atoms with E-state index >= 15 is 0 Å². The molecule has 2 aromatic rings. The van der Waals surface area contributed by atoms with Crippen molar-refractivity contribution >= 4 is 29.3 Å². The standard InChI is InChI=1S/C14H11ClO3S/c1-18-12-8-9(14(16)17)2-7-13(12)19-11-5-3-10(15)4-6-11/h2-8H,1H3,(H,16,17). The van der Waals surface area contributed by atoms with Crippen LogP contribution >= 0.6 is 23.4 Å². The van der Waals surface area contributed by atoms with E-state index in [0.29, 0.717) is 10.8 Å². The van der Waals surface area contributed by atoms with Gasteiger partial charge in [0.1, 0.15) is 5.75 Å². The number of carboxylic acids is 1. The van der Waals surface area contributed by atoms with Crippen molar-refractivity contribution in [3.8, 4) is 5.75 Å². The summed E-state index contributed by atoms with van der Waals surface area (Å²) in [4.78, 5) is 12.8. The van der Waals surface area contributed by atoms with E-state index in [1.54, 1.807) is 12.1 Å². The average Bonchev–Trinajstić information content (AvgIpc) is 2.41. The largest absolute Gasteiger partial charge is 0.496 e. The maximum absolute atomic E-state index is 10.9. The maximum atomic E-state index is 10.9. The van der Waals surface area contributed by atoms with Crippen LogP contribution in [-0.2, 0) is 0 Å². The summed E-state index contributed by atoms with van der Waals surface area (Å²) in [7, 11) is 1.52. The number of rotatable bonds is 4. The first kappa shape index (κ1) is 13.8. The molecule has 0 spiro atoms. The van der Waals surface area contributed by atoms with E-state index in [2.05, 4.69) is 0 Å². The van der Waals surface area contributed by atoms with Gasteiger partial charge in [0, 0.05) is 9.92 Å². The highest BCUT2D eigenvalue weighted by Gasteiger charge is 2.10. The van der Waals surface area contributed by atoms with Gasteiger partial charge in [0.05, 0.1) is 17.6 Å². The number of hydrogen-bond donors (Lipinski definition) is 1. The number of methoxy groups -OCH3 is 1. The molecule has 0 saturated heterocycles. The fourth-order valence-electron chi connectivity index (χ4n) is 1.51. The highest BCUT2D eigenvalue weighted by molar-refractivity contribution is 7.99. The Morgan fingerprint density at radius 1 is 1.21 bits per heavy atom. The van der Waals surface area contributed by atoms with Crippen molar-refractivity contribution in [2.75, 3.05) is 7.11 Å². The number of ether oxygens (including phenoxy) is 1. The molecule has 2 aromatic carbocycles. The molecule has 2 rings (SSSR count). The van der Waals surface area contributed by atoms with Crippen LogP contribution in [-0.4, -0.2) is 18.2 Å². The third kappa shape index (κ3) is 3.43. The van der Waals surface area contributed by atoms with Crippen LogP contribution in [0, 0.1) is 0 Å². The zero-order valence-electron chi connectivity index (χ0n) is 10.1. The number of aromatic carboxylic acids is 1. The quantitative estimate of drug-likeness (QED) is 0.918. The van der Waals surface area contributed by atoms with Gasteiger partial charge >= 0.3 is 5.97 Å². The molecule has 3 nitrogen and oxygen atoms in total.